The van der Waals surface area contributed by atoms with Gasteiger partial charge in [-0.15, -0.1) is 0 Å². The van der Waals surface area contributed by atoms with Gasteiger partial charge in [0.25, 0.3) is 0 Å². The number of aromatic nitrogens is 2. The van der Waals surface area contributed by atoms with Crippen molar-refractivity contribution in [2.45, 2.75) is 6.92 Å². The summed E-state index contributed by atoms with van der Waals surface area (Å²) in [7, 11) is 1.88. The Morgan fingerprint density at radius 1 is 1.37 bits per heavy atom. The molecule has 0 radical (unpaired) electrons. The second-order valence-corrected chi connectivity index (χ2v) is 4.55. The zero-order chi connectivity index (χ0) is 13.7. The Hall–Kier alpha value is -2.26. The molecule has 0 spiro atoms. The molecule has 0 aliphatic carbocycles. The first-order valence-electron chi connectivity index (χ1n) is 5.80. The number of rotatable bonds is 4. The van der Waals surface area contributed by atoms with Crippen LogP contribution in [-0.2, 0) is 7.05 Å². The molecule has 0 bridgehead atoms. The Morgan fingerprint density at radius 3 is 2.63 bits per heavy atom. The first kappa shape index (κ1) is 13.2. The molecule has 1 aromatic carbocycles. The molecular weight excluding hydrogens is 258 g/mol. The van der Waals surface area contributed by atoms with Crippen LogP contribution in [0.2, 0.25) is 0 Å². The zero-order valence-electron chi connectivity index (χ0n) is 10.8. The highest BCUT2D eigenvalue weighted by Gasteiger charge is 2.07. The summed E-state index contributed by atoms with van der Waals surface area (Å²) in [4.78, 5) is 1.82. The second kappa shape index (κ2) is 6.07. The second-order valence-electron chi connectivity index (χ2n) is 3.80. The lowest BCUT2D eigenvalue weighted by molar-refractivity contribution is -0.656. The van der Waals surface area contributed by atoms with Crippen molar-refractivity contribution in [1.82, 2.24) is 4.37 Å². The lowest BCUT2D eigenvalue weighted by Crippen LogP contribution is -2.23. The summed E-state index contributed by atoms with van der Waals surface area (Å²) < 4.78 is 5.83. The molecule has 0 unspecified atom stereocenters. The predicted molar refractivity (Wildman–Crippen MR) is 75.8 cm³/mol. The van der Waals surface area contributed by atoms with Crippen LogP contribution in [0.25, 0.3) is 0 Å². The van der Waals surface area contributed by atoms with E-state index in [1.807, 2.05) is 47.7 Å². The molecule has 0 saturated carbocycles. The summed E-state index contributed by atoms with van der Waals surface area (Å²) in [5.74, 6) is 0. The number of hydrogen-bond donors (Lipinski definition) is 0. The Labute approximate surface area is 116 Å². The minimum Gasteiger partial charge on any atom is -0.302 e. The van der Waals surface area contributed by atoms with E-state index in [-0.39, 0.29) is 0 Å². The predicted octanol–water partition coefficient (Wildman–Crippen LogP) is 2.80. The average molecular weight is 272 g/mol. The molecule has 0 N–H and O–H groups in total. The van der Waals surface area contributed by atoms with Crippen LogP contribution in [0, 0.1) is 12.5 Å². The fraction of sp³-hybridized carbons (Fsp3) is 0.231. The van der Waals surface area contributed by atoms with Gasteiger partial charge in [-0.05, 0) is 35.6 Å². The minimum atomic E-state index is 0.753. The molecule has 0 saturated heterocycles. The van der Waals surface area contributed by atoms with Crippen molar-refractivity contribution in [3.8, 4) is 12.5 Å². The van der Waals surface area contributed by atoms with Gasteiger partial charge in [0, 0.05) is 23.4 Å². The molecule has 0 atom stereocenters. The fourth-order valence-corrected chi connectivity index (χ4v) is 2.03. The van der Waals surface area contributed by atoms with Crippen LogP contribution in [-0.4, -0.2) is 10.9 Å². The van der Waals surface area contributed by atoms with E-state index in [1.54, 1.807) is 6.33 Å². The molecule has 1 heterocycles. The van der Waals surface area contributed by atoms with Crippen LogP contribution in [0.3, 0.4) is 0 Å². The van der Waals surface area contributed by atoms with Crippen LogP contribution in [0.1, 0.15) is 6.92 Å². The number of terminal acetylenes is 1. The van der Waals surface area contributed by atoms with Gasteiger partial charge in [-0.2, -0.15) is 0 Å². The first-order chi connectivity index (χ1) is 9.24. The molecule has 5 nitrogen and oxygen atoms in total. The zero-order valence-corrected chi connectivity index (χ0v) is 11.6. The van der Waals surface area contributed by atoms with E-state index in [2.05, 4.69) is 20.6 Å². The largest absolute Gasteiger partial charge is 0.378 e. The summed E-state index contributed by atoms with van der Waals surface area (Å²) in [5, 5.41) is 9.06. The molecule has 6 heteroatoms. The standard InChI is InChI=1S/C13H14N5S/c1-4-18(5-2)12-8-6-11(7-9-12)15-16-13-17(3)10-14-19-13/h1,6-10H,5H2,2-3H3/q+1. The SMILES string of the molecule is C#CN(CC)c1ccc(/N=N/c2snc[n+]2C)cc1. The van der Waals surface area contributed by atoms with Crippen LogP contribution in [0.15, 0.2) is 40.8 Å². The van der Waals surface area contributed by atoms with Crippen LogP contribution in [0.5, 0.6) is 0 Å². The lowest BCUT2D eigenvalue weighted by atomic mass is 10.2. The molecule has 0 fully saturated rings. The van der Waals surface area contributed by atoms with Crippen LogP contribution in [0.4, 0.5) is 16.5 Å². The monoisotopic (exact) mass is 272 g/mol. The summed E-state index contributed by atoms with van der Waals surface area (Å²) in [6.45, 7) is 2.78. The Morgan fingerprint density at radius 2 is 2.11 bits per heavy atom. The Kier molecular flexibility index (Phi) is 4.21. The highest BCUT2D eigenvalue weighted by molar-refractivity contribution is 7.08. The minimum absolute atomic E-state index is 0.753. The van der Waals surface area contributed by atoms with Crippen molar-refractivity contribution in [1.29, 1.82) is 0 Å². The number of azo groups is 1. The normalized spacial score (nSPS) is 10.6. The fourth-order valence-electron chi connectivity index (χ4n) is 1.49. The van der Waals surface area contributed by atoms with E-state index in [1.165, 1.54) is 11.5 Å². The van der Waals surface area contributed by atoms with Gasteiger partial charge in [0.05, 0.1) is 7.05 Å². The summed E-state index contributed by atoms with van der Waals surface area (Å²) in [5.41, 5.74) is 1.76. The number of anilines is 1. The average Bonchev–Trinajstić information content (AvgIpc) is 2.85. The third-order valence-corrected chi connectivity index (χ3v) is 3.27. The van der Waals surface area contributed by atoms with Gasteiger partial charge in [-0.25, -0.2) is 4.57 Å². The third-order valence-electron chi connectivity index (χ3n) is 2.54. The van der Waals surface area contributed by atoms with Gasteiger partial charge in [-0.1, -0.05) is 11.5 Å². The molecule has 96 valence electrons. The number of aryl methyl sites for hydroxylation is 1. The topological polar surface area (TPSA) is 44.7 Å². The highest BCUT2D eigenvalue weighted by Crippen LogP contribution is 2.21. The Balaban J connectivity index is 2.13. The van der Waals surface area contributed by atoms with Crippen molar-refractivity contribution in [2.24, 2.45) is 17.3 Å². The summed E-state index contributed by atoms with van der Waals surface area (Å²) in [6.07, 6.45) is 7.12. The molecule has 0 aliphatic heterocycles. The lowest BCUT2D eigenvalue weighted by Gasteiger charge is -2.14. The van der Waals surface area contributed by atoms with E-state index in [0.29, 0.717) is 0 Å². The highest BCUT2D eigenvalue weighted by atomic mass is 32.1. The maximum atomic E-state index is 5.42. The maximum Gasteiger partial charge on any atom is 0.378 e. The molecule has 2 aromatic rings. The van der Waals surface area contributed by atoms with Gasteiger partial charge in [0.1, 0.15) is 17.2 Å². The van der Waals surface area contributed by atoms with Crippen molar-refractivity contribution < 1.29 is 4.57 Å². The van der Waals surface area contributed by atoms with Gasteiger partial charge in [0.2, 0.25) is 6.33 Å². The van der Waals surface area contributed by atoms with Crippen LogP contribution < -0.4 is 9.47 Å². The molecule has 2 rings (SSSR count). The number of benzene rings is 1. The molecule has 1 aromatic heterocycles. The van der Waals surface area contributed by atoms with Crippen molar-refractivity contribution in [3.05, 3.63) is 30.6 Å². The van der Waals surface area contributed by atoms with E-state index < -0.39 is 0 Å². The van der Waals surface area contributed by atoms with Gasteiger partial charge >= 0.3 is 5.13 Å². The van der Waals surface area contributed by atoms with Gasteiger partial charge < -0.3 is 4.90 Å². The van der Waals surface area contributed by atoms with Crippen molar-refractivity contribution in [2.75, 3.05) is 11.4 Å². The first-order valence-corrected chi connectivity index (χ1v) is 6.58. The van der Waals surface area contributed by atoms with Crippen molar-refractivity contribution >= 4 is 28.0 Å². The quantitative estimate of drug-likeness (QED) is 0.372. The molecule has 0 aliphatic rings. The molecule has 19 heavy (non-hydrogen) atoms. The van der Waals surface area contributed by atoms with E-state index in [0.717, 1.165) is 23.1 Å². The molecule has 0 amide bonds. The molecular formula is C13H14N5S+. The smallest absolute Gasteiger partial charge is 0.302 e. The van der Waals surface area contributed by atoms with Gasteiger partial charge in [0.15, 0.2) is 0 Å². The number of hydrogen-bond acceptors (Lipinski definition) is 5. The maximum absolute atomic E-state index is 5.42. The van der Waals surface area contributed by atoms with E-state index in [4.69, 9.17) is 6.42 Å². The van der Waals surface area contributed by atoms with Crippen LogP contribution >= 0.6 is 11.5 Å². The van der Waals surface area contributed by atoms with Gasteiger partial charge in [-0.3, -0.25) is 0 Å². The third kappa shape index (κ3) is 3.14. The van der Waals surface area contributed by atoms with E-state index >= 15 is 0 Å². The summed E-state index contributed by atoms with van der Waals surface area (Å²) >= 11 is 1.30. The van der Waals surface area contributed by atoms with E-state index in [9.17, 15) is 0 Å². The Bertz CT molecular complexity index is 609. The number of nitrogens with zero attached hydrogens (tertiary/aromatic N) is 5. The summed E-state index contributed by atoms with van der Waals surface area (Å²) in [6, 6.07) is 10.3. The van der Waals surface area contributed by atoms with Crippen molar-refractivity contribution in [3.63, 3.8) is 0 Å².